The first-order chi connectivity index (χ1) is 15.5. The van der Waals surface area contributed by atoms with Gasteiger partial charge in [0.05, 0.1) is 5.75 Å². The number of sulfone groups is 1. The van der Waals surface area contributed by atoms with Gasteiger partial charge in [-0.3, -0.25) is 4.99 Å². The summed E-state index contributed by atoms with van der Waals surface area (Å²) >= 11 is 0. The molecule has 5 nitrogen and oxygen atoms in total. The van der Waals surface area contributed by atoms with Gasteiger partial charge in [0.15, 0.2) is 14.6 Å². The van der Waals surface area contributed by atoms with Gasteiger partial charge in [-0.05, 0) is 43.2 Å². The topological polar surface area (TPSA) is 81.8 Å². The average molecular weight is 471 g/mol. The maximum absolute atomic E-state index is 14.5. The molecule has 0 saturated carbocycles. The van der Waals surface area contributed by atoms with E-state index in [1.165, 1.54) is 19.9 Å². The van der Waals surface area contributed by atoms with Crippen LogP contribution < -0.4 is 10.5 Å². The molecule has 1 aliphatic heterocycles. The van der Waals surface area contributed by atoms with E-state index < -0.39 is 37.5 Å². The second-order valence-corrected chi connectivity index (χ2v) is 10.8. The molecule has 0 fully saturated rings. The number of nitrogens with two attached hydrogens (primary N) is 1. The van der Waals surface area contributed by atoms with Crippen molar-refractivity contribution in [2.45, 2.75) is 30.7 Å². The van der Waals surface area contributed by atoms with Crippen molar-refractivity contribution in [3.8, 4) is 5.75 Å². The summed E-state index contributed by atoms with van der Waals surface area (Å²) in [6.07, 6.45) is 0. The second kappa shape index (κ2) is 8.26. The van der Waals surface area contributed by atoms with Crippen LogP contribution >= 0.6 is 0 Å². The Labute approximate surface area is 191 Å². The van der Waals surface area contributed by atoms with Crippen LogP contribution in [-0.2, 0) is 26.7 Å². The Morgan fingerprint density at radius 1 is 1.00 bits per heavy atom. The maximum atomic E-state index is 14.5. The first-order valence-corrected chi connectivity index (χ1v) is 12.0. The molecule has 1 heterocycles. The van der Waals surface area contributed by atoms with E-state index >= 15 is 0 Å². The van der Waals surface area contributed by atoms with Gasteiger partial charge in [-0.15, -0.1) is 0 Å². The lowest BCUT2D eigenvalue weighted by atomic mass is 9.92. The molecular formula is C25H24F2N2O3S. The van der Waals surface area contributed by atoms with Gasteiger partial charge in [-0.2, -0.15) is 0 Å². The van der Waals surface area contributed by atoms with Gasteiger partial charge >= 0.3 is 0 Å². The number of hydrogen-bond acceptors (Lipinski definition) is 5. The summed E-state index contributed by atoms with van der Waals surface area (Å²) in [5, 5.41) is 0. The first-order valence-electron chi connectivity index (χ1n) is 10.4. The molecule has 1 aliphatic rings. The molecule has 0 saturated heterocycles. The minimum absolute atomic E-state index is 0.0302. The van der Waals surface area contributed by atoms with Crippen molar-refractivity contribution in [1.82, 2.24) is 0 Å². The van der Waals surface area contributed by atoms with Crippen LogP contribution in [0.25, 0.3) is 0 Å². The lowest BCUT2D eigenvalue weighted by Gasteiger charge is -2.40. The summed E-state index contributed by atoms with van der Waals surface area (Å²) in [5.74, 6) is -1.80. The number of benzene rings is 3. The first kappa shape index (κ1) is 22.9. The van der Waals surface area contributed by atoms with E-state index in [0.29, 0.717) is 24.0 Å². The number of halogens is 2. The number of rotatable bonds is 5. The van der Waals surface area contributed by atoms with Crippen LogP contribution in [0.5, 0.6) is 5.75 Å². The second-order valence-electron chi connectivity index (χ2n) is 8.49. The molecular weight excluding hydrogens is 446 g/mol. The zero-order chi connectivity index (χ0) is 23.9. The highest BCUT2D eigenvalue weighted by Crippen LogP contribution is 2.43. The van der Waals surface area contributed by atoms with Gasteiger partial charge in [0.2, 0.25) is 0 Å². The highest BCUT2D eigenvalue weighted by Gasteiger charge is 2.53. The van der Waals surface area contributed by atoms with E-state index in [2.05, 4.69) is 4.99 Å². The highest BCUT2D eigenvalue weighted by molar-refractivity contribution is 7.93. The normalized spacial score (nSPS) is 24.2. The Hall–Kier alpha value is -3.26. The van der Waals surface area contributed by atoms with Crippen molar-refractivity contribution < 1.29 is 21.9 Å². The molecule has 33 heavy (non-hydrogen) atoms. The molecule has 0 aromatic heterocycles. The molecule has 0 amide bonds. The van der Waals surface area contributed by atoms with Crippen LogP contribution in [0.3, 0.4) is 0 Å². The van der Waals surface area contributed by atoms with Gasteiger partial charge in [0.25, 0.3) is 0 Å². The van der Waals surface area contributed by atoms with Gasteiger partial charge < -0.3 is 10.5 Å². The van der Waals surface area contributed by atoms with E-state index in [4.69, 9.17) is 10.5 Å². The molecule has 0 bridgehead atoms. The quantitative estimate of drug-likeness (QED) is 0.597. The maximum Gasteiger partial charge on any atom is 0.169 e. The minimum atomic E-state index is -3.96. The summed E-state index contributed by atoms with van der Waals surface area (Å²) in [6.45, 7) is 3.28. The Balaban J connectivity index is 1.71. The summed E-state index contributed by atoms with van der Waals surface area (Å²) < 4.78 is 59.2. The number of amidine groups is 1. The standard InChI is InChI=1S/C25H24F2N2O3S/c1-24(21-12-11-19(26)14-22(21)27)16-33(30,31)25(2,23(28)29-24)18-9-6-10-20(13-18)32-15-17-7-4-3-5-8-17/h3-14H,15-16H2,1-2H3,(H2,28,29). The monoisotopic (exact) mass is 470 g/mol. The molecule has 3 aromatic rings. The third kappa shape index (κ3) is 4.11. The van der Waals surface area contributed by atoms with E-state index in [0.717, 1.165) is 11.6 Å². The van der Waals surface area contributed by atoms with E-state index in [1.54, 1.807) is 24.3 Å². The smallest absolute Gasteiger partial charge is 0.169 e. The number of hydrogen-bond donors (Lipinski definition) is 1. The predicted molar refractivity (Wildman–Crippen MR) is 124 cm³/mol. The lowest BCUT2D eigenvalue weighted by Crippen LogP contribution is -2.54. The molecule has 0 aliphatic carbocycles. The van der Waals surface area contributed by atoms with Crippen molar-refractivity contribution in [2.24, 2.45) is 10.7 Å². The van der Waals surface area contributed by atoms with Crippen LogP contribution in [0, 0.1) is 11.6 Å². The van der Waals surface area contributed by atoms with Crippen molar-refractivity contribution in [3.05, 3.63) is 101 Å². The molecule has 2 atom stereocenters. The fraction of sp³-hybridized carbons (Fsp3) is 0.240. The van der Waals surface area contributed by atoms with E-state index in [-0.39, 0.29) is 11.4 Å². The van der Waals surface area contributed by atoms with Crippen LogP contribution in [0.15, 0.2) is 77.8 Å². The van der Waals surface area contributed by atoms with Crippen molar-refractivity contribution in [2.75, 3.05) is 5.75 Å². The molecule has 0 spiro atoms. The van der Waals surface area contributed by atoms with Crippen LogP contribution in [0.4, 0.5) is 8.78 Å². The molecule has 4 rings (SSSR count). The molecule has 2 unspecified atom stereocenters. The Kier molecular flexibility index (Phi) is 5.74. The van der Waals surface area contributed by atoms with Gasteiger partial charge in [-0.25, -0.2) is 17.2 Å². The largest absolute Gasteiger partial charge is 0.489 e. The Morgan fingerprint density at radius 3 is 2.39 bits per heavy atom. The molecule has 172 valence electrons. The third-order valence-electron chi connectivity index (χ3n) is 6.09. The Bertz CT molecular complexity index is 1330. The van der Waals surface area contributed by atoms with Gasteiger partial charge in [0, 0.05) is 11.6 Å². The van der Waals surface area contributed by atoms with E-state index in [1.807, 2.05) is 30.3 Å². The van der Waals surface area contributed by atoms with Crippen molar-refractivity contribution in [3.63, 3.8) is 0 Å². The molecule has 2 N–H and O–H groups in total. The summed E-state index contributed by atoms with van der Waals surface area (Å²) in [5.41, 5.74) is 6.12. The summed E-state index contributed by atoms with van der Waals surface area (Å²) in [6, 6.07) is 19.3. The Morgan fingerprint density at radius 2 is 1.73 bits per heavy atom. The summed E-state index contributed by atoms with van der Waals surface area (Å²) in [7, 11) is -3.96. The fourth-order valence-electron chi connectivity index (χ4n) is 4.09. The minimum Gasteiger partial charge on any atom is -0.489 e. The zero-order valence-corrected chi connectivity index (χ0v) is 19.1. The van der Waals surface area contributed by atoms with Crippen molar-refractivity contribution in [1.29, 1.82) is 0 Å². The van der Waals surface area contributed by atoms with E-state index in [9.17, 15) is 17.2 Å². The predicted octanol–water partition coefficient (Wildman–Crippen LogP) is 4.46. The lowest BCUT2D eigenvalue weighted by molar-refractivity contribution is 0.306. The van der Waals surface area contributed by atoms with Crippen LogP contribution in [0.2, 0.25) is 0 Å². The zero-order valence-electron chi connectivity index (χ0n) is 18.3. The van der Waals surface area contributed by atoms with Crippen molar-refractivity contribution >= 4 is 15.7 Å². The summed E-state index contributed by atoms with van der Waals surface area (Å²) in [4.78, 5) is 4.44. The molecule has 3 aromatic carbocycles. The molecule has 8 heteroatoms. The van der Waals surface area contributed by atoms with Gasteiger partial charge in [0.1, 0.15) is 35.4 Å². The van der Waals surface area contributed by atoms with Crippen LogP contribution in [0.1, 0.15) is 30.5 Å². The van der Waals surface area contributed by atoms with Crippen LogP contribution in [-0.4, -0.2) is 20.0 Å². The molecule has 0 radical (unpaired) electrons. The van der Waals surface area contributed by atoms with Gasteiger partial charge in [-0.1, -0.05) is 48.5 Å². The third-order valence-corrected chi connectivity index (χ3v) is 8.72. The SMILES string of the molecule is CC1(c2ccc(F)cc2F)CS(=O)(=O)C(C)(c2cccc(OCc3ccccc3)c2)C(N)=N1. The fourth-order valence-corrected chi connectivity index (χ4v) is 6.19. The average Bonchev–Trinajstić information content (AvgIpc) is 2.76. The number of nitrogens with zero attached hydrogens (tertiary/aromatic N) is 1. The number of aliphatic imine (C=N–C) groups is 1. The number of ether oxygens (including phenoxy) is 1. The highest BCUT2D eigenvalue weighted by atomic mass is 32.2.